The number of benzene rings is 2. The Morgan fingerprint density at radius 1 is 1.16 bits per heavy atom. The summed E-state index contributed by atoms with van der Waals surface area (Å²) in [5.41, 5.74) is 1.42. The Bertz CT molecular complexity index is 943. The number of carbonyl (C=O) groups is 1. The van der Waals surface area contributed by atoms with Crippen molar-refractivity contribution >= 4 is 66.8 Å². The maximum absolute atomic E-state index is 12.3. The molecule has 0 aliphatic carbocycles. The van der Waals surface area contributed by atoms with Gasteiger partial charge in [-0.1, -0.05) is 51.3 Å². The van der Waals surface area contributed by atoms with Crippen molar-refractivity contribution in [1.82, 2.24) is 9.78 Å². The Balaban J connectivity index is 1.77. The molecule has 0 spiro atoms. The zero-order valence-electron chi connectivity index (χ0n) is 12.6. The van der Waals surface area contributed by atoms with Crippen molar-refractivity contribution in [1.29, 1.82) is 0 Å². The van der Waals surface area contributed by atoms with Crippen molar-refractivity contribution in [2.45, 2.75) is 6.54 Å². The van der Waals surface area contributed by atoms with Crippen LogP contribution in [0.1, 0.15) is 15.9 Å². The third-order valence-electron chi connectivity index (χ3n) is 3.38. The van der Waals surface area contributed by atoms with Crippen molar-refractivity contribution in [2.75, 3.05) is 5.32 Å². The van der Waals surface area contributed by atoms with Crippen molar-refractivity contribution in [3.05, 3.63) is 78.8 Å². The van der Waals surface area contributed by atoms with Gasteiger partial charge in [0, 0.05) is 26.3 Å². The Morgan fingerprint density at radius 3 is 2.68 bits per heavy atom. The summed E-state index contributed by atoms with van der Waals surface area (Å²) >= 11 is 18.9. The van der Waals surface area contributed by atoms with Gasteiger partial charge in [-0.05, 0) is 51.8 Å². The normalized spacial score (nSPS) is 10.7. The van der Waals surface area contributed by atoms with Crippen LogP contribution in [0.3, 0.4) is 0 Å². The van der Waals surface area contributed by atoms with Gasteiger partial charge < -0.3 is 5.32 Å². The highest BCUT2D eigenvalue weighted by Crippen LogP contribution is 2.25. The number of halogens is 4. The predicted octanol–water partition coefficient (Wildman–Crippen LogP) is 6.02. The first-order valence-electron chi connectivity index (χ1n) is 7.16. The number of rotatable bonds is 4. The predicted molar refractivity (Wildman–Crippen MR) is 108 cm³/mol. The molecule has 1 heterocycles. The van der Waals surface area contributed by atoms with E-state index in [2.05, 4.69) is 42.3 Å². The lowest BCUT2D eigenvalue weighted by Crippen LogP contribution is -2.13. The number of aromatic nitrogens is 2. The molecule has 0 saturated carbocycles. The number of nitrogens with one attached hydrogen (secondary N) is 1. The highest BCUT2D eigenvalue weighted by molar-refractivity contribution is 9.10. The largest absolute Gasteiger partial charge is 0.304 e. The molecule has 2 aromatic carbocycles. The van der Waals surface area contributed by atoms with Gasteiger partial charge in [0.1, 0.15) is 0 Å². The van der Waals surface area contributed by atoms with E-state index in [0.29, 0.717) is 32.4 Å². The van der Waals surface area contributed by atoms with E-state index in [9.17, 15) is 4.79 Å². The molecule has 0 bridgehead atoms. The van der Waals surface area contributed by atoms with Gasteiger partial charge in [0.05, 0.1) is 11.0 Å². The lowest BCUT2D eigenvalue weighted by atomic mass is 10.2. The molecular formula is C17H11Br2Cl2N3O. The zero-order chi connectivity index (χ0) is 18.0. The summed E-state index contributed by atoms with van der Waals surface area (Å²) in [6.45, 7) is 0.460. The summed E-state index contributed by atoms with van der Waals surface area (Å²) in [6.07, 6.45) is 1.78. The van der Waals surface area contributed by atoms with Crippen LogP contribution in [0.5, 0.6) is 0 Å². The fourth-order valence-electron chi connectivity index (χ4n) is 2.20. The van der Waals surface area contributed by atoms with Gasteiger partial charge in [0.25, 0.3) is 5.91 Å². The molecular weight excluding hydrogens is 493 g/mol. The van der Waals surface area contributed by atoms with Crippen LogP contribution in [0, 0.1) is 0 Å². The summed E-state index contributed by atoms with van der Waals surface area (Å²) in [5.74, 6) is 0.201. The second-order valence-electron chi connectivity index (χ2n) is 5.22. The van der Waals surface area contributed by atoms with Crippen LogP contribution < -0.4 is 5.32 Å². The molecule has 0 radical (unpaired) electrons. The van der Waals surface area contributed by atoms with Gasteiger partial charge in [-0.2, -0.15) is 5.10 Å². The van der Waals surface area contributed by atoms with E-state index in [1.54, 1.807) is 41.2 Å². The fraction of sp³-hybridized carbons (Fsp3) is 0.0588. The number of hydrogen-bond donors (Lipinski definition) is 1. The van der Waals surface area contributed by atoms with Crippen LogP contribution in [-0.2, 0) is 6.54 Å². The molecule has 1 N–H and O–H groups in total. The van der Waals surface area contributed by atoms with Crippen LogP contribution >= 0.6 is 55.1 Å². The molecule has 3 rings (SSSR count). The van der Waals surface area contributed by atoms with Crippen LogP contribution in [-0.4, -0.2) is 15.7 Å². The quantitative estimate of drug-likeness (QED) is 0.473. The second-order valence-corrected chi connectivity index (χ2v) is 7.84. The van der Waals surface area contributed by atoms with Crippen molar-refractivity contribution in [2.24, 2.45) is 0 Å². The molecule has 0 fully saturated rings. The van der Waals surface area contributed by atoms with E-state index in [4.69, 9.17) is 23.2 Å². The topological polar surface area (TPSA) is 46.9 Å². The molecule has 1 aromatic heterocycles. The van der Waals surface area contributed by atoms with Crippen molar-refractivity contribution in [3.63, 3.8) is 0 Å². The maximum atomic E-state index is 12.3. The average molecular weight is 504 g/mol. The molecule has 0 aliphatic heterocycles. The lowest BCUT2D eigenvalue weighted by Gasteiger charge is -2.05. The average Bonchev–Trinajstić information content (AvgIpc) is 2.89. The van der Waals surface area contributed by atoms with Crippen LogP contribution in [0.15, 0.2) is 57.6 Å². The van der Waals surface area contributed by atoms with Crippen molar-refractivity contribution < 1.29 is 4.79 Å². The molecule has 25 heavy (non-hydrogen) atoms. The monoisotopic (exact) mass is 501 g/mol. The zero-order valence-corrected chi connectivity index (χ0v) is 17.3. The van der Waals surface area contributed by atoms with Gasteiger partial charge in [0.15, 0.2) is 5.82 Å². The number of nitrogens with zero attached hydrogens (tertiary/aromatic N) is 2. The van der Waals surface area contributed by atoms with Crippen LogP contribution in [0.25, 0.3) is 0 Å². The Hall–Kier alpha value is -1.34. The molecule has 3 aromatic rings. The van der Waals surface area contributed by atoms with E-state index in [0.717, 1.165) is 10.0 Å². The van der Waals surface area contributed by atoms with Gasteiger partial charge in [0.2, 0.25) is 0 Å². The molecule has 0 saturated heterocycles. The summed E-state index contributed by atoms with van der Waals surface area (Å²) < 4.78 is 3.21. The van der Waals surface area contributed by atoms with E-state index >= 15 is 0 Å². The summed E-state index contributed by atoms with van der Waals surface area (Å²) in [6, 6.07) is 12.4. The van der Waals surface area contributed by atoms with Crippen LogP contribution in [0.2, 0.25) is 10.0 Å². The number of carbonyl (C=O) groups excluding carboxylic acids is 1. The summed E-state index contributed by atoms with van der Waals surface area (Å²) in [4.78, 5) is 12.3. The number of amides is 1. The highest BCUT2D eigenvalue weighted by Gasteiger charge is 2.13. The molecule has 4 nitrogen and oxygen atoms in total. The van der Waals surface area contributed by atoms with E-state index in [-0.39, 0.29) is 5.91 Å². The SMILES string of the molecule is O=C(Nc1nn(Cc2ccc(Cl)cc2Cl)cc1Br)c1cccc(Br)c1. The molecule has 1 amide bonds. The van der Waals surface area contributed by atoms with E-state index < -0.39 is 0 Å². The van der Waals surface area contributed by atoms with Gasteiger partial charge in [-0.25, -0.2) is 0 Å². The van der Waals surface area contributed by atoms with E-state index in [1.807, 2.05) is 12.1 Å². The first-order valence-corrected chi connectivity index (χ1v) is 9.50. The van der Waals surface area contributed by atoms with Gasteiger partial charge >= 0.3 is 0 Å². The van der Waals surface area contributed by atoms with Gasteiger partial charge in [-0.15, -0.1) is 0 Å². The molecule has 0 unspecified atom stereocenters. The minimum absolute atomic E-state index is 0.239. The minimum Gasteiger partial charge on any atom is -0.304 e. The summed E-state index contributed by atoms with van der Waals surface area (Å²) in [5, 5.41) is 8.33. The number of hydrogen-bond acceptors (Lipinski definition) is 2. The Labute approximate surface area is 171 Å². The Morgan fingerprint density at radius 2 is 1.96 bits per heavy atom. The molecule has 8 heteroatoms. The molecule has 0 aliphatic rings. The fourth-order valence-corrected chi connectivity index (χ4v) is 3.48. The second kappa shape index (κ2) is 7.91. The Kier molecular flexibility index (Phi) is 5.84. The first kappa shape index (κ1) is 18.5. The van der Waals surface area contributed by atoms with Crippen molar-refractivity contribution in [3.8, 4) is 0 Å². The maximum Gasteiger partial charge on any atom is 0.256 e. The third-order valence-corrected chi connectivity index (χ3v) is 5.04. The van der Waals surface area contributed by atoms with Gasteiger partial charge in [-0.3, -0.25) is 9.48 Å². The third kappa shape index (κ3) is 4.64. The number of anilines is 1. The standard InChI is InChI=1S/C17H11Br2Cl2N3O/c18-12-3-1-2-10(6-12)17(25)22-16-14(19)9-24(23-16)8-11-4-5-13(20)7-15(11)21/h1-7,9H,8H2,(H,22,23,25). The molecule has 0 atom stereocenters. The first-order chi connectivity index (χ1) is 11.9. The minimum atomic E-state index is -0.239. The summed E-state index contributed by atoms with van der Waals surface area (Å²) in [7, 11) is 0. The highest BCUT2D eigenvalue weighted by atomic mass is 79.9. The van der Waals surface area contributed by atoms with Crippen LogP contribution in [0.4, 0.5) is 5.82 Å². The van der Waals surface area contributed by atoms with E-state index in [1.165, 1.54) is 0 Å². The molecule has 128 valence electrons. The lowest BCUT2D eigenvalue weighted by molar-refractivity contribution is 0.102. The smallest absolute Gasteiger partial charge is 0.256 e.